The molecule has 0 saturated heterocycles. The number of aryl methyl sites for hydroxylation is 1. The molecule has 0 bridgehead atoms. The lowest BCUT2D eigenvalue weighted by Gasteiger charge is -1.96. The Bertz CT molecular complexity index is 509. The molecule has 0 aromatic carbocycles. The highest BCUT2D eigenvalue weighted by Crippen LogP contribution is 2.12. The molecular weight excluding hydrogens is 171 g/mol. The maximum atomic E-state index is 13.3. The second kappa shape index (κ2) is 2.52. The van der Waals surface area contributed by atoms with Gasteiger partial charge in [-0.1, -0.05) is 0 Å². The Morgan fingerprint density at radius 2 is 2.31 bits per heavy atom. The van der Waals surface area contributed by atoms with Crippen LogP contribution in [0, 0.1) is 24.1 Å². The van der Waals surface area contributed by atoms with Gasteiger partial charge in [0.05, 0.1) is 5.56 Å². The highest BCUT2D eigenvalue weighted by Gasteiger charge is 2.10. The van der Waals surface area contributed by atoms with Gasteiger partial charge in [0, 0.05) is 6.20 Å². The van der Waals surface area contributed by atoms with Crippen LogP contribution in [0.4, 0.5) is 4.39 Å². The third-order valence-corrected chi connectivity index (χ3v) is 1.81. The number of hydrogen-bond acceptors (Lipinski definition) is 3. The van der Waals surface area contributed by atoms with E-state index in [1.165, 1.54) is 10.5 Å². The fourth-order valence-electron chi connectivity index (χ4n) is 1.13. The van der Waals surface area contributed by atoms with E-state index in [-0.39, 0.29) is 11.2 Å². The highest BCUT2D eigenvalue weighted by molar-refractivity contribution is 5.47. The van der Waals surface area contributed by atoms with Gasteiger partial charge in [0.25, 0.3) is 0 Å². The summed E-state index contributed by atoms with van der Waals surface area (Å²) in [4.78, 5) is 0. The summed E-state index contributed by atoms with van der Waals surface area (Å²) in [6, 6.07) is 3.14. The van der Waals surface area contributed by atoms with Crippen molar-refractivity contribution in [3.8, 4) is 6.07 Å². The third kappa shape index (κ3) is 0.957. The van der Waals surface area contributed by atoms with Crippen molar-refractivity contribution < 1.29 is 4.39 Å². The standard InChI is InChI=1S/C8H5FN4/c1-5-11-12-8-7(9)6(4-10)2-3-13(5)8/h2-3H,1H3. The van der Waals surface area contributed by atoms with Crippen molar-refractivity contribution in [3.05, 3.63) is 29.5 Å². The van der Waals surface area contributed by atoms with E-state index in [1.807, 2.05) is 0 Å². The first-order valence-corrected chi connectivity index (χ1v) is 3.64. The molecule has 0 spiro atoms. The maximum absolute atomic E-state index is 13.3. The lowest BCUT2D eigenvalue weighted by atomic mass is 10.3. The molecule has 5 heteroatoms. The van der Waals surface area contributed by atoms with Crippen LogP contribution in [-0.4, -0.2) is 14.6 Å². The van der Waals surface area contributed by atoms with E-state index in [9.17, 15) is 4.39 Å². The normalized spacial score (nSPS) is 10.2. The second-order valence-corrected chi connectivity index (χ2v) is 2.60. The highest BCUT2D eigenvalue weighted by atomic mass is 19.1. The minimum atomic E-state index is -0.620. The largest absolute Gasteiger partial charge is 0.284 e. The molecule has 2 rings (SSSR count). The first-order chi connectivity index (χ1) is 6.24. The Hall–Kier alpha value is -1.96. The SMILES string of the molecule is Cc1nnc2c(F)c(C#N)ccn12. The second-order valence-electron chi connectivity index (χ2n) is 2.60. The van der Waals surface area contributed by atoms with Crippen LogP contribution in [0.1, 0.15) is 11.4 Å². The number of rotatable bonds is 0. The van der Waals surface area contributed by atoms with Gasteiger partial charge in [0.1, 0.15) is 11.9 Å². The predicted molar refractivity (Wildman–Crippen MR) is 42.4 cm³/mol. The van der Waals surface area contributed by atoms with E-state index in [0.717, 1.165) is 0 Å². The predicted octanol–water partition coefficient (Wildman–Crippen LogP) is 1.05. The Morgan fingerprint density at radius 1 is 1.54 bits per heavy atom. The van der Waals surface area contributed by atoms with E-state index >= 15 is 0 Å². The molecule has 2 aromatic heterocycles. The smallest absolute Gasteiger partial charge is 0.198 e. The van der Waals surface area contributed by atoms with Crippen molar-refractivity contribution in [2.75, 3.05) is 0 Å². The van der Waals surface area contributed by atoms with E-state index in [4.69, 9.17) is 5.26 Å². The summed E-state index contributed by atoms with van der Waals surface area (Å²) in [7, 11) is 0. The number of fused-ring (bicyclic) bond motifs is 1. The molecule has 0 fully saturated rings. The monoisotopic (exact) mass is 176 g/mol. The Labute approximate surface area is 73.2 Å². The summed E-state index contributed by atoms with van der Waals surface area (Å²) >= 11 is 0. The van der Waals surface area contributed by atoms with Crippen LogP contribution in [0.5, 0.6) is 0 Å². The van der Waals surface area contributed by atoms with Crippen molar-refractivity contribution in [3.63, 3.8) is 0 Å². The van der Waals surface area contributed by atoms with Crippen LogP contribution in [0.25, 0.3) is 5.65 Å². The number of halogens is 1. The van der Waals surface area contributed by atoms with Crippen LogP contribution in [0.15, 0.2) is 12.3 Å². The fraction of sp³-hybridized carbons (Fsp3) is 0.125. The zero-order valence-electron chi connectivity index (χ0n) is 6.82. The van der Waals surface area contributed by atoms with Gasteiger partial charge >= 0.3 is 0 Å². The fourth-order valence-corrected chi connectivity index (χ4v) is 1.13. The molecule has 0 radical (unpaired) electrons. The summed E-state index contributed by atoms with van der Waals surface area (Å²) in [5.74, 6) is -0.0241. The number of pyridine rings is 1. The number of hydrogen-bond donors (Lipinski definition) is 0. The minimum Gasteiger partial charge on any atom is -0.284 e. The number of nitrogens with zero attached hydrogens (tertiary/aromatic N) is 4. The summed E-state index contributed by atoms with van der Waals surface area (Å²) in [6.07, 6.45) is 1.58. The molecule has 0 aliphatic rings. The van der Waals surface area contributed by atoms with E-state index in [2.05, 4.69) is 10.2 Å². The zero-order chi connectivity index (χ0) is 9.42. The summed E-state index contributed by atoms with van der Waals surface area (Å²) < 4.78 is 14.8. The summed E-state index contributed by atoms with van der Waals surface area (Å²) in [5, 5.41) is 15.8. The van der Waals surface area contributed by atoms with Crippen LogP contribution in [-0.2, 0) is 0 Å². The molecular formula is C8H5FN4. The molecule has 0 saturated carbocycles. The van der Waals surface area contributed by atoms with Crippen LogP contribution in [0.2, 0.25) is 0 Å². The first kappa shape index (κ1) is 7.68. The van der Waals surface area contributed by atoms with E-state index in [1.54, 1.807) is 19.2 Å². The van der Waals surface area contributed by atoms with Crippen LogP contribution in [0.3, 0.4) is 0 Å². The van der Waals surface area contributed by atoms with Crippen molar-refractivity contribution in [2.45, 2.75) is 6.92 Å². The van der Waals surface area contributed by atoms with Crippen molar-refractivity contribution >= 4 is 5.65 Å². The van der Waals surface area contributed by atoms with Crippen molar-refractivity contribution in [2.24, 2.45) is 0 Å². The molecule has 0 aliphatic carbocycles. The molecule has 13 heavy (non-hydrogen) atoms. The van der Waals surface area contributed by atoms with Gasteiger partial charge in [-0.2, -0.15) is 5.26 Å². The first-order valence-electron chi connectivity index (χ1n) is 3.64. The number of aromatic nitrogens is 3. The van der Waals surface area contributed by atoms with Crippen LogP contribution >= 0.6 is 0 Å². The van der Waals surface area contributed by atoms with Gasteiger partial charge < -0.3 is 0 Å². The quantitative estimate of drug-likeness (QED) is 0.602. The topological polar surface area (TPSA) is 54.0 Å². The molecule has 0 N–H and O–H groups in total. The van der Waals surface area contributed by atoms with Gasteiger partial charge in [0.2, 0.25) is 0 Å². The molecule has 0 unspecified atom stereocenters. The van der Waals surface area contributed by atoms with Gasteiger partial charge in [-0.25, -0.2) is 4.39 Å². The van der Waals surface area contributed by atoms with Crippen molar-refractivity contribution in [1.82, 2.24) is 14.6 Å². The number of nitriles is 1. The molecule has 0 aliphatic heterocycles. The average molecular weight is 176 g/mol. The Balaban J connectivity index is 2.90. The van der Waals surface area contributed by atoms with Crippen LogP contribution < -0.4 is 0 Å². The molecule has 2 heterocycles. The molecule has 4 nitrogen and oxygen atoms in total. The van der Waals surface area contributed by atoms with Crippen molar-refractivity contribution in [1.29, 1.82) is 5.26 Å². The van der Waals surface area contributed by atoms with Gasteiger partial charge in [-0.3, -0.25) is 4.40 Å². The lowest BCUT2D eigenvalue weighted by Crippen LogP contribution is -1.93. The molecule has 0 amide bonds. The van der Waals surface area contributed by atoms with Gasteiger partial charge in [0.15, 0.2) is 11.5 Å². The third-order valence-electron chi connectivity index (χ3n) is 1.81. The molecule has 0 atom stereocenters. The summed E-state index contributed by atoms with van der Waals surface area (Å²) in [5.41, 5.74) is 0.0800. The molecule has 64 valence electrons. The molecule has 2 aromatic rings. The van der Waals surface area contributed by atoms with Gasteiger partial charge in [-0.15, -0.1) is 10.2 Å². The lowest BCUT2D eigenvalue weighted by molar-refractivity contribution is 0.625. The van der Waals surface area contributed by atoms with E-state index < -0.39 is 5.82 Å². The zero-order valence-corrected chi connectivity index (χ0v) is 6.82. The maximum Gasteiger partial charge on any atom is 0.198 e. The average Bonchev–Trinajstić information content (AvgIpc) is 2.50. The Kier molecular flexibility index (Phi) is 1.49. The Morgan fingerprint density at radius 3 is 3.00 bits per heavy atom. The van der Waals surface area contributed by atoms with E-state index in [0.29, 0.717) is 5.82 Å². The van der Waals surface area contributed by atoms with Gasteiger partial charge in [-0.05, 0) is 13.0 Å². The minimum absolute atomic E-state index is 0.0140. The summed E-state index contributed by atoms with van der Waals surface area (Å²) in [6.45, 7) is 1.71.